The Morgan fingerprint density at radius 3 is 2.40 bits per heavy atom. The Labute approximate surface area is 88.6 Å². The molecule has 0 aliphatic rings. The van der Waals surface area contributed by atoms with E-state index in [0.29, 0.717) is 11.1 Å². The number of rotatable bonds is 4. The second kappa shape index (κ2) is 6.69. The van der Waals surface area contributed by atoms with Gasteiger partial charge in [-0.2, -0.15) is 8.42 Å². The van der Waals surface area contributed by atoms with Gasteiger partial charge < -0.3 is 0 Å². The molecule has 56 valence electrons. The summed E-state index contributed by atoms with van der Waals surface area (Å²) in [4.78, 5) is 0. The van der Waals surface area contributed by atoms with Gasteiger partial charge in [0.15, 0.2) is 0 Å². The second-order valence-electron chi connectivity index (χ2n) is 1.41. The molecule has 0 unspecified atom stereocenters. The summed E-state index contributed by atoms with van der Waals surface area (Å²) in [6.45, 7) is 2.02. The summed E-state index contributed by atoms with van der Waals surface area (Å²) >= 11 is 4.16. The molecule has 0 saturated heterocycles. The van der Waals surface area contributed by atoms with Crippen molar-refractivity contribution in [3.63, 3.8) is 0 Å². The Kier molecular flexibility index (Phi) is 9.09. The van der Waals surface area contributed by atoms with E-state index in [1.165, 1.54) is 0 Å². The van der Waals surface area contributed by atoms with Crippen LogP contribution in [0.2, 0.25) is 0 Å². The summed E-state index contributed by atoms with van der Waals surface area (Å²) in [5, 5.41) is 0. The first-order valence-electron chi connectivity index (χ1n) is 2.47. The van der Waals surface area contributed by atoms with Crippen LogP contribution in [0.5, 0.6) is 0 Å². The summed E-state index contributed by atoms with van der Waals surface area (Å²) < 4.78 is 25.7. The molecular formula is C4H9NaO3S2. The van der Waals surface area contributed by atoms with Gasteiger partial charge in [-0.25, -0.2) is 0 Å². The molecule has 0 radical (unpaired) electrons. The van der Waals surface area contributed by atoms with E-state index < -0.39 is 10.1 Å². The van der Waals surface area contributed by atoms with Crippen LogP contribution in [0, 0.1) is 0 Å². The van der Waals surface area contributed by atoms with E-state index in [1.54, 1.807) is 0 Å². The van der Waals surface area contributed by atoms with Gasteiger partial charge in [-0.3, -0.25) is 4.18 Å². The number of hydrogen-bond donors (Lipinski definition) is 0. The predicted octanol–water partition coefficient (Wildman–Crippen LogP) is 0.0515. The molecule has 10 heavy (non-hydrogen) atoms. The number of hydrogen-bond acceptors (Lipinski definition) is 4. The first-order chi connectivity index (χ1) is 4.12. The summed E-state index contributed by atoms with van der Waals surface area (Å²) in [6, 6.07) is 0. The summed E-state index contributed by atoms with van der Waals surface area (Å²) in [5.41, 5.74) is 0. The van der Waals surface area contributed by atoms with E-state index in [4.69, 9.17) is 0 Å². The topological polar surface area (TPSA) is 43.4 Å². The third kappa shape index (κ3) is 7.11. The molecule has 0 atom stereocenters. The van der Waals surface area contributed by atoms with Gasteiger partial charge in [0.2, 0.25) is 0 Å². The van der Waals surface area contributed by atoms with Gasteiger partial charge in [0, 0.05) is 0 Å². The quantitative estimate of drug-likeness (QED) is 0.359. The molecule has 0 aromatic carbocycles. The monoisotopic (exact) mass is 192 g/mol. The normalized spacial score (nSPS) is 10.1. The molecule has 0 aromatic rings. The molecule has 6 heteroatoms. The summed E-state index contributed by atoms with van der Waals surface area (Å²) in [6.07, 6.45) is 0.669. The molecule has 0 heterocycles. The van der Waals surface area contributed by atoms with Crippen molar-refractivity contribution in [3.8, 4) is 0 Å². The van der Waals surface area contributed by atoms with Crippen LogP contribution in [0.4, 0.5) is 0 Å². The molecule has 0 aliphatic heterocycles. The predicted molar refractivity (Wildman–Crippen MR) is 46.0 cm³/mol. The van der Waals surface area contributed by atoms with Crippen molar-refractivity contribution in [2.24, 2.45) is 0 Å². The maximum atomic E-state index is 10.4. The summed E-state index contributed by atoms with van der Waals surface area (Å²) in [7, 11) is -3.49. The van der Waals surface area contributed by atoms with Gasteiger partial charge >= 0.3 is 29.6 Å². The van der Waals surface area contributed by atoms with Crippen molar-refractivity contribution >= 4 is 56.6 Å². The van der Waals surface area contributed by atoms with Crippen molar-refractivity contribution in [2.45, 2.75) is 13.3 Å². The molecule has 0 spiro atoms. The van der Waals surface area contributed by atoms with Gasteiger partial charge in [-0.05, 0) is 6.42 Å². The molecule has 0 aromatic heterocycles. The van der Waals surface area contributed by atoms with Gasteiger partial charge in [-0.1, -0.05) is 19.1 Å². The van der Waals surface area contributed by atoms with E-state index in [2.05, 4.69) is 16.4 Å². The van der Waals surface area contributed by atoms with Crippen molar-refractivity contribution in [1.29, 1.82) is 0 Å². The fourth-order valence-electron chi connectivity index (χ4n) is 0.227. The van der Waals surface area contributed by atoms with Crippen molar-refractivity contribution in [3.05, 3.63) is 0 Å². The molecule has 3 nitrogen and oxygen atoms in total. The fourth-order valence-corrected chi connectivity index (χ4v) is 0.848. The van der Waals surface area contributed by atoms with Gasteiger partial charge in [0.05, 0.1) is 6.61 Å². The SMILES string of the molecule is CCCOS(=O)(=O)C=S.[NaH]. The Balaban J connectivity index is 0. The van der Waals surface area contributed by atoms with Crippen molar-refractivity contribution in [1.82, 2.24) is 0 Å². The van der Waals surface area contributed by atoms with Crippen LogP contribution < -0.4 is 0 Å². The minimum atomic E-state index is -3.49. The first-order valence-corrected chi connectivity index (χ1v) is 4.41. The third-order valence-electron chi connectivity index (χ3n) is 0.570. The van der Waals surface area contributed by atoms with Crippen LogP contribution in [-0.4, -0.2) is 49.3 Å². The Morgan fingerprint density at radius 2 is 2.10 bits per heavy atom. The van der Waals surface area contributed by atoms with E-state index in [1.807, 2.05) is 6.92 Å². The van der Waals surface area contributed by atoms with Gasteiger partial charge in [-0.15, -0.1) is 0 Å². The average Bonchev–Trinajstić information content (AvgIpc) is 1.84. The van der Waals surface area contributed by atoms with Crippen LogP contribution in [-0.2, 0) is 14.3 Å². The van der Waals surface area contributed by atoms with Crippen molar-refractivity contribution < 1.29 is 12.6 Å². The molecule has 0 fully saturated rings. The zero-order chi connectivity index (χ0) is 7.33. The number of thiocarbonyl (C=S) groups is 1. The van der Waals surface area contributed by atoms with Crippen LogP contribution in [0.1, 0.15) is 13.3 Å². The molecule has 0 bridgehead atoms. The van der Waals surface area contributed by atoms with E-state index in [9.17, 15) is 8.42 Å². The van der Waals surface area contributed by atoms with Gasteiger partial charge in [0.25, 0.3) is 10.1 Å². The summed E-state index contributed by atoms with van der Waals surface area (Å²) in [5.74, 6) is 0. The van der Waals surface area contributed by atoms with Crippen LogP contribution in [0.25, 0.3) is 0 Å². The molecule has 0 rings (SSSR count). The molecule has 0 N–H and O–H groups in total. The standard InChI is InChI=1S/C4H8O3S2.Na.H/c1-2-3-7-9(5,6)4-8;;/h4H,2-3H2,1H3;;. The zero-order valence-corrected chi connectivity index (χ0v) is 6.67. The molecule has 0 saturated carbocycles. The van der Waals surface area contributed by atoms with Gasteiger partial charge in [0.1, 0.15) is 4.70 Å². The van der Waals surface area contributed by atoms with Crippen LogP contribution in [0.15, 0.2) is 0 Å². The zero-order valence-electron chi connectivity index (χ0n) is 5.03. The average molecular weight is 192 g/mol. The van der Waals surface area contributed by atoms with Crippen LogP contribution in [0.3, 0.4) is 0 Å². The Bertz CT molecular complexity index is 175. The fraction of sp³-hybridized carbons (Fsp3) is 0.750. The Hall–Kier alpha value is 1.00. The Morgan fingerprint density at radius 1 is 1.60 bits per heavy atom. The van der Waals surface area contributed by atoms with Crippen molar-refractivity contribution in [2.75, 3.05) is 6.61 Å². The van der Waals surface area contributed by atoms with E-state index in [0.717, 1.165) is 0 Å². The molecule has 0 aliphatic carbocycles. The minimum absolute atomic E-state index is 0. The van der Waals surface area contributed by atoms with E-state index >= 15 is 0 Å². The first kappa shape index (κ1) is 13.6. The van der Waals surface area contributed by atoms with E-state index in [-0.39, 0.29) is 36.2 Å². The maximum absolute atomic E-state index is 10.4. The molecule has 0 amide bonds. The van der Waals surface area contributed by atoms with Crippen LogP contribution >= 0.6 is 12.2 Å². The third-order valence-corrected chi connectivity index (χ3v) is 2.01. The second-order valence-corrected chi connectivity index (χ2v) is 3.40. The molecular weight excluding hydrogens is 183 g/mol.